The Morgan fingerprint density at radius 1 is 1.58 bits per heavy atom. The molecule has 1 unspecified atom stereocenters. The lowest BCUT2D eigenvalue weighted by Gasteiger charge is -2.19. The molecular weight excluding hydrogens is 152 g/mol. The van der Waals surface area contributed by atoms with E-state index < -0.39 is 0 Å². The van der Waals surface area contributed by atoms with Gasteiger partial charge in [-0.15, -0.1) is 0 Å². The minimum atomic E-state index is 0.567. The number of aryl methyl sites for hydroxylation is 1. The fourth-order valence-corrected chi connectivity index (χ4v) is 1.87. The Labute approximate surface area is 71.8 Å². The number of likely N-dealkylation sites (N-methyl/N-ethyl adjacent to an activating group) is 1. The highest BCUT2D eigenvalue weighted by Crippen LogP contribution is 2.27. The van der Waals surface area contributed by atoms with Gasteiger partial charge in [-0.05, 0) is 26.3 Å². The second-order valence-corrected chi connectivity index (χ2v) is 3.30. The minimum absolute atomic E-state index is 0.567. The van der Waals surface area contributed by atoms with Crippen molar-refractivity contribution >= 4 is 0 Å². The fraction of sp³-hybridized carbons (Fsp3) is 0.750. The number of nitrogens with zero attached hydrogens (tertiary/aromatic N) is 2. The molecule has 12 heavy (non-hydrogen) atoms. The Morgan fingerprint density at radius 3 is 3.33 bits per heavy atom. The lowest BCUT2D eigenvalue weighted by atomic mass is 9.90. The first-order chi connectivity index (χ1) is 5.92. The quantitative estimate of drug-likeness (QED) is 0.670. The maximum Gasteiger partial charge on any atom is 0.0900 e. The first kappa shape index (κ1) is 7.73. The van der Waals surface area contributed by atoms with E-state index in [1.54, 1.807) is 0 Å². The maximum atomic E-state index is 4.18. The molecular formula is C8H14N4. The van der Waals surface area contributed by atoms with Gasteiger partial charge in [-0.1, -0.05) is 0 Å². The van der Waals surface area contributed by atoms with E-state index in [2.05, 4.69) is 20.7 Å². The van der Waals surface area contributed by atoms with Gasteiger partial charge in [0.25, 0.3) is 0 Å². The van der Waals surface area contributed by atoms with Crippen LogP contribution in [0.1, 0.15) is 30.1 Å². The SMILES string of the molecule is CNCC1CCCc2n[nH]nc21. The predicted molar refractivity (Wildman–Crippen MR) is 46.0 cm³/mol. The molecule has 0 bridgehead atoms. The van der Waals surface area contributed by atoms with Crippen molar-refractivity contribution in [2.24, 2.45) is 0 Å². The highest BCUT2D eigenvalue weighted by Gasteiger charge is 2.22. The molecule has 1 aromatic rings. The van der Waals surface area contributed by atoms with Crippen LogP contribution in [0.25, 0.3) is 0 Å². The summed E-state index contributed by atoms with van der Waals surface area (Å²) in [5.74, 6) is 0.567. The smallest absolute Gasteiger partial charge is 0.0900 e. The zero-order chi connectivity index (χ0) is 8.39. The van der Waals surface area contributed by atoms with Crippen molar-refractivity contribution in [2.75, 3.05) is 13.6 Å². The van der Waals surface area contributed by atoms with Crippen LogP contribution in [0.3, 0.4) is 0 Å². The van der Waals surface area contributed by atoms with E-state index in [0.717, 1.165) is 13.0 Å². The topological polar surface area (TPSA) is 53.6 Å². The van der Waals surface area contributed by atoms with Crippen LogP contribution in [-0.4, -0.2) is 29.0 Å². The molecule has 4 heteroatoms. The highest BCUT2D eigenvalue weighted by atomic mass is 15.3. The lowest BCUT2D eigenvalue weighted by molar-refractivity contribution is 0.516. The molecule has 1 heterocycles. The van der Waals surface area contributed by atoms with Crippen LogP contribution in [0.2, 0.25) is 0 Å². The third-order valence-electron chi connectivity index (χ3n) is 2.45. The molecule has 4 nitrogen and oxygen atoms in total. The Kier molecular flexibility index (Phi) is 2.08. The molecule has 0 amide bonds. The van der Waals surface area contributed by atoms with E-state index >= 15 is 0 Å². The van der Waals surface area contributed by atoms with Gasteiger partial charge in [0.15, 0.2) is 0 Å². The summed E-state index contributed by atoms with van der Waals surface area (Å²) in [5.41, 5.74) is 2.34. The number of hydrogen-bond acceptors (Lipinski definition) is 3. The Hall–Kier alpha value is -0.900. The second kappa shape index (κ2) is 3.23. The zero-order valence-electron chi connectivity index (χ0n) is 7.30. The van der Waals surface area contributed by atoms with Gasteiger partial charge in [0.05, 0.1) is 11.4 Å². The Morgan fingerprint density at radius 2 is 2.50 bits per heavy atom. The van der Waals surface area contributed by atoms with Crippen LogP contribution in [-0.2, 0) is 6.42 Å². The number of nitrogens with one attached hydrogen (secondary N) is 2. The maximum absolute atomic E-state index is 4.18. The fourth-order valence-electron chi connectivity index (χ4n) is 1.87. The number of rotatable bonds is 2. The van der Waals surface area contributed by atoms with Gasteiger partial charge in [-0.2, -0.15) is 15.4 Å². The van der Waals surface area contributed by atoms with Gasteiger partial charge in [-0.25, -0.2) is 0 Å². The van der Waals surface area contributed by atoms with Crippen molar-refractivity contribution in [2.45, 2.75) is 25.2 Å². The third kappa shape index (κ3) is 1.22. The van der Waals surface area contributed by atoms with E-state index in [-0.39, 0.29) is 0 Å². The summed E-state index contributed by atoms with van der Waals surface area (Å²) >= 11 is 0. The van der Waals surface area contributed by atoms with Gasteiger partial charge >= 0.3 is 0 Å². The summed E-state index contributed by atoms with van der Waals surface area (Å²) in [6.07, 6.45) is 3.57. The molecule has 1 atom stereocenters. The highest BCUT2D eigenvalue weighted by molar-refractivity contribution is 5.17. The van der Waals surface area contributed by atoms with Crippen molar-refractivity contribution in [3.63, 3.8) is 0 Å². The number of aromatic nitrogens is 3. The molecule has 66 valence electrons. The molecule has 0 saturated carbocycles. The first-order valence-corrected chi connectivity index (χ1v) is 4.46. The average molecular weight is 166 g/mol. The number of aromatic amines is 1. The zero-order valence-corrected chi connectivity index (χ0v) is 7.30. The molecule has 0 radical (unpaired) electrons. The standard InChI is InChI=1S/C8H14N4/c1-9-5-6-3-2-4-7-8(6)11-12-10-7/h6,9H,2-5H2,1H3,(H,10,11,12). The molecule has 1 aliphatic carbocycles. The second-order valence-electron chi connectivity index (χ2n) is 3.30. The lowest BCUT2D eigenvalue weighted by Crippen LogP contribution is -2.21. The molecule has 2 rings (SSSR count). The van der Waals surface area contributed by atoms with Gasteiger partial charge in [-0.3, -0.25) is 0 Å². The average Bonchev–Trinajstić information content (AvgIpc) is 2.53. The molecule has 1 aromatic heterocycles. The molecule has 0 aliphatic heterocycles. The molecule has 0 aromatic carbocycles. The van der Waals surface area contributed by atoms with E-state index in [0.29, 0.717) is 5.92 Å². The van der Waals surface area contributed by atoms with Crippen LogP contribution in [0.5, 0.6) is 0 Å². The number of hydrogen-bond donors (Lipinski definition) is 2. The molecule has 2 N–H and O–H groups in total. The van der Waals surface area contributed by atoms with Gasteiger partial charge < -0.3 is 5.32 Å². The first-order valence-electron chi connectivity index (χ1n) is 4.46. The third-order valence-corrected chi connectivity index (χ3v) is 2.45. The number of fused-ring (bicyclic) bond motifs is 1. The van der Waals surface area contributed by atoms with Crippen LogP contribution in [0, 0.1) is 0 Å². The minimum Gasteiger partial charge on any atom is -0.319 e. The van der Waals surface area contributed by atoms with Crippen LogP contribution in [0.15, 0.2) is 0 Å². The Bertz CT molecular complexity index is 255. The summed E-state index contributed by atoms with van der Waals surface area (Å²) < 4.78 is 0. The van der Waals surface area contributed by atoms with E-state index in [1.165, 1.54) is 24.2 Å². The summed E-state index contributed by atoms with van der Waals surface area (Å²) in [6, 6.07) is 0. The normalized spacial score (nSPS) is 22.2. The molecule has 1 aliphatic rings. The summed E-state index contributed by atoms with van der Waals surface area (Å²) in [6.45, 7) is 1.01. The summed E-state index contributed by atoms with van der Waals surface area (Å²) in [5, 5.41) is 14.2. The van der Waals surface area contributed by atoms with Crippen molar-refractivity contribution < 1.29 is 0 Å². The monoisotopic (exact) mass is 166 g/mol. The van der Waals surface area contributed by atoms with Crippen LogP contribution < -0.4 is 5.32 Å². The van der Waals surface area contributed by atoms with E-state index in [9.17, 15) is 0 Å². The van der Waals surface area contributed by atoms with Crippen LogP contribution >= 0.6 is 0 Å². The van der Waals surface area contributed by atoms with Crippen molar-refractivity contribution in [1.82, 2.24) is 20.7 Å². The summed E-state index contributed by atoms with van der Waals surface area (Å²) in [4.78, 5) is 0. The molecule has 0 saturated heterocycles. The van der Waals surface area contributed by atoms with Gasteiger partial charge in [0.2, 0.25) is 0 Å². The van der Waals surface area contributed by atoms with Gasteiger partial charge in [0.1, 0.15) is 0 Å². The predicted octanol–water partition coefficient (Wildman–Crippen LogP) is 0.444. The van der Waals surface area contributed by atoms with E-state index in [4.69, 9.17) is 0 Å². The van der Waals surface area contributed by atoms with Crippen LogP contribution in [0.4, 0.5) is 0 Å². The number of H-pyrrole nitrogens is 1. The Balaban J connectivity index is 2.19. The molecule has 0 fully saturated rings. The summed E-state index contributed by atoms with van der Waals surface area (Å²) in [7, 11) is 1.98. The van der Waals surface area contributed by atoms with Gasteiger partial charge in [0, 0.05) is 12.5 Å². The van der Waals surface area contributed by atoms with E-state index in [1.807, 2.05) is 7.05 Å². The molecule has 0 spiro atoms. The van der Waals surface area contributed by atoms with Crippen molar-refractivity contribution in [1.29, 1.82) is 0 Å². The van der Waals surface area contributed by atoms with Crippen molar-refractivity contribution in [3.8, 4) is 0 Å². The largest absolute Gasteiger partial charge is 0.319 e. The van der Waals surface area contributed by atoms with Crippen molar-refractivity contribution in [3.05, 3.63) is 11.4 Å².